The lowest BCUT2D eigenvalue weighted by atomic mass is 10.1. The minimum Gasteiger partial charge on any atom is -0.490 e. The third kappa shape index (κ3) is 5.25. The molecular formula is C16H24BrNO3. The van der Waals surface area contributed by atoms with Crippen LogP contribution in [0.15, 0.2) is 16.6 Å². The van der Waals surface area contributed by atoms with Crippen molar-refractivity contribution in [3.8, 4) is 5.75 Å². The summed E-state index contributed by atoms with van der Waals surface area (Å²) >= 11 is 3.57. The van der Waals surface area contributed by atoms with Gasteiger partial charge in [-0.15, -0.1) is 0 Å². The Labute approximate surface area is 135 Å². The molecule has 1 aliphatic rings. The molecular weight excluding hydrogens is 334 g/mol. The van der Waals surface area contributed by atoms with Crippen molar-refractivity contribution in [2.75, 3.05) is 33.5 Å². The molecule has 21 heavy (non-hydrogen) atoms. The van der Waals surface area contributed by atoms with Gasteiger partial charge in [-0.2, -0.15) is 0 Å². The molecule has 0 saturated carbocycles. The van der Waals surface area contributed by atoms with Crippen LogP contribution in [0.5, 0.6) is 5.75 Å². The molecule has 0 amide bonds. The van der Waals surface area contributed by atoms with Crippen LogP contribution < -0.4 is 10.1 Å². The molecule has 0 aliphatic carbocycles. The molecule has 118 valence electrons. The third-order valence-corrected chi connectivity index (χ3v) is 4.03. The van der Waals surface area contributed by atoms with Gasteiger partial charge in [0.05, 0.1) is 19.8 Å². The largest absolute Gasteiger partial charge is 0.490 e. The molecule has 1 aromatic carbocycles. The van der Waals surface area contributed by atoms with Crippen LogP contribution in [0.2, 0.25) is 0 Å². The Kier molecular flexibility index (Phi) is 6.96. The summed E-state index contributed by atoms with van der Waals surface area (Å²) in [6.45, 7) is 6.01. The normalized spacial score (nSPS) is 16.1. The van der Waals surface area contributed by atoms with Crippen LogP contribution in [0.4, 0.5) is 0 Å². The quantitative estimate of drug-likeness (QED) is 0.761. The van der Waals surface area contributed by atoms with Crippen molar-refractivity contribution in [1.29, 1.82) is 0 Å². The van der Waals surface area contributed by atoms with Crippen molar-refractivity contribution in [1.82, 2.24) is 5.32 Å². The molecule has 1 heterocycles. The summed E-state index contributed by atoms with van der Waals surface area (Å²) in [6.07, 6.45) is 2.19. The Morgan fingerprint density at radius 2 is 2.10 bits per heavy atom. The van der Waals surface area contributed by atoms with Gasteiger partial charge in [0.2, 0.25) is 0 Å². The lowest BCUT2D eigenvalue weighted by Gasteiger charge is -2.26. The molecule has 1 N–H and O–H groups in total. The van der Waals surface area contributed by atoms with Gasteiger partial charge < -0.3 is 19.5 Å². The molecule has 1 saturated heterocycles. The number of methoxy groups -OCH3 is 1. The number of aryl methyl sites for hydroxylation is 1. The molecule has 5 heteroatoms. The van der Waals surface area contributed by atoms with Gasteiger partial charge in [-0.1, -0.05) is 15.9 Å². The number of hydrogen-bond donors (Lipinski definition) is 1. The Morgan fingerprint density at radius 3 is 2.81 bits per heavy atom. The van der Waals surface area contributed by atoms with Crippen LogP contribution in [-0.2, 0) is 16.0 Å². The van der Waals surface area contributed by atoms with E-state index in [1.807, 2.05) is 0 Å². The molecule has 1 aliphatic heterocycles. The number of hydrogen-bond acceptors (Lipinski definition) is 4. The summed E-state index contributed by atoms with van der Waals surface area (Å²) in [5.41, 5.74) is 2.35. The van der Waals surface area contributed by atoms with E-state index in [2.05, 4.69) is 40.3 Å². The van der Waals surface area contributed by atoms with Gasteiger partial charge in [-0.3, -0.25) is 0 Å². The number of benzene rings is 1. The van der Waals surface area contributed by atoms with Crippen LogP contribution >= 0.6 is 15.9 Å². The van der Waals surface area contributed by atoms with Gasteiger partial charge in [0, 0.05) is 43.1 Å². The molecule has 0 bridgehead atoms. The van der Waals surface area contributed by atoms with Gasteiger partial charge >= 0.3 is 0 Å². The molecule has 0 spiro atoms. The zero-order valence-corrected chi connectivity index (χ0v) is 14.4. The maximum atomic E-state index is 6.26. The number of ether oxygens (including phenoxy) is 3. The Hall–Kier alpha value is -0.620. The van der Waals surface area contributed by atoms with Crippen molar-refractivity contribution in [2.24, 2.45) is 0 Å². The van der Waals surface area contributed by atoms with E-state index in [9.17, 15) is 0 Å². The monoisotopic (exact) mass is 357 g/mol. The highest BCUT2D eigenvalue weighted by Gasteiger charge is 2.18. The predicted molar refractivity (Wildman–Crippen MR) is 86.9 cm³/mol. The van der Waals surface area contributed by atoms with Crippen LogP contribution in [0.25, 0.3) is 0 Å². The molecule has 1 aromatic rings. The molecule has 0 unspecified atom stereocenters. The van der Waals surface area contributed by atoms with Gasteiger partial charge in [0.25, 0.3) is 0 Å². The second kappa shape index (κ2) is 8.73. The molecule has 0 radical (unpaired) electrons. The summed E-state index contributed by atoms with van der Waals surface area (Å²) < 4.78 is 17.8. The Bertz CT molecular complexity index is 447. The fraction of sp³-hybridized carbons (Fsp3) is 0.625. The van der Waals surface area contributed by atoms with Crippen molar-refractivity contribution < 1.29 is 14.2 Å². The van der Waals surface area contributed by atoms with Gasteiger partial charge in [0.1, 0.15) is 11.9 Å². The molecule has 2 rings (SSSR count). The summed E-state index contributed by atoms with van der Waals surface area (Å²) in [6, 6.07) is 4.23. The highest BCUT2D eigenvalue weighted by atomic mass is 79.9. The van der Waals surface area contributed by atoms with Crippen molar-refractivity contribution in [3.05, 3.63) is 27.7 Å². The Balaban J connectivity index is 2.05. The zero-order valence-electron chi connectivity index (χ0n) is 12.8. The first-order chi connectivity index (χ1) is 10.2. The highest BCUT2D eigenvalue weighted by Crippen LogP contribution is 2.30. The van der Waals surface area contributed by atoms with Crippen LogP contribution in [-0.4, -0.2) is 39.6 Å². The molecule has 0 atom stereocenters. The number of halogens is 1. The standard InChI is InChI=1S/C16H24BrNO3/c1-12-9-14(17)10-13(11-18-5-8-19-2)16(12)21-15-3-6-20-7-4-15/h9-10,15,18H,3-8,11H2,1-2H3. The van der Waals surface area contributed by atoms with E-state index >= 15 is 0 Å². The molecule has 4 nitrogen and oxygen atoms in total. The molecule has 0 aromatic heterocycles. The SMILES string of the molecule is COCCNCc1cc(Br)cc(C)c1OC1CCOCC1. The fourth-order valence-electron chi connectivity index (χ4n) is 2.46. The first-order valence-corrected chi connectivity index (χ1v) is 8.23. The van der Waals surface area contributed by atoms with Crippen molar-refractivity contribution in [3.63, 3.8) is 0 Å². The van der Waals surface area contributed by atoms with Crippen molar-refractivity contribution in [2.45, 2.75) is 32.4 Å². The van der Waals surface area contributed by atoms with E-state index in [4.69, 9.17) is 14.2 Å². The maximum Gasteiger partial charge on any atom is 0.127 e. The smallest absolute Gasteiger partial charge is 0.127 e. The summed E-state index contributed by atoms with van der Waals surface area (Å²) in [5.74, 6) is 1.01. The van der Waals surface area contributed by atoms with Crippen LogP contribution in [0, 0.1) is 6.92 Å². The van der Waals surface area contributed by atoms with E-state index in [1.54, 1.807) is 7.11 Å². The van der Waals surface area contributed by atoms with Gasteiger partial charge in [-0.25, -0.2) is 0 Å². The van der Waals surface area contributed by atoms with Crippen molar-refractivity contribution >= 4 is 15.9 Å². The summed E-state index contributed by atoms with van der Waals surface area (Å²) in [7, 11) is 1.71. The summed E-state index contributed by atoms with van der Waals surface area (Å²) in [4.78, 5) is 0. The third-order valence-electron chi connectivity index (χ3n) is 3.57. The number of nitrogens with one attached hydrogen (secondary N) is 1. The number of rotatable bonds is 7. The van der Waals surface area contributed by atoms with Gasteiger partial charge in [-0.05, 0) is 24.6 Å². The minimum absolute atomic E-state index is 0.261. The lowest BCUT2D eigenvalue weighted by molar-refractivity contribution is 0.0248. The zero-order chi connectivity index (χ0) is 15.1. The average molecular weight is 358 g/mol. The van der Waals surface area contributed by atoms with E-state index in [0.29, 0.717) is 6.61 Å². The second-order valence-corrected chi connectivity index (χ2v) is 6.23. The van der Waals surface area contributed by atoms with E-state index in [1.165, 1.54) is 11.1 Å². The average Bonchev–Trinajstić information content (AvgIpc) is 2.48. The highest BCUT2D eigenvalue weighted by molar-refractivity contribution is 9.10. The van der Waals surface area contributed by atoms with Gasteiger partial charge in [0.15, 0.2) is 0 Å². The second-order valence-electron chi connectivity index (χ2n) is 5.31. The first-order valence-electron chi connectivity index (χ1n) is 7.43. The van der Waals surface area contributed by atoms with E-state index in [0.717, 1.165) is 49.4 Å². The van der Waals surface area contributed by atoms with E-state index < -0.39 is 0 Å². The predicted octanol–water partition coefficient (Wildman–Crippen LogP) is 3.05. The lowest BCUT2D eigenvalue weighted by Crippen LogP contribution is -2.27. The minimum atomic E-state index is 0.261. The van der Waals surface area contributed by atoms with E-state index in [-0.39, 0.29) is 6.10 Å². The van der Waals surface area contributed by atoms with Crippen LogP contribution in [0.3, 0.4) is 0 Å². The topological polar surface area (TPSA) is 39.7 Å². The summed E-state index contributed by atoms with van der Waals surface area (Å²) in [5, 5.41) is 3.38. The molecule has 1 fully saturated rings. The van der Waals surface area contributed by atoms with Crippen LogP contribution in [0.1, 0.15) is 24.0 Å². The maximum absolute atomic E-state index is 6.26. The fourth-order valence-corrected chi connectivity index (χ4v) is 3.08. The first kappa shape index (κ1) is 16.7. The Morgan fingerprint density at radius 1 is 1.33 bits per heavy atom.